The molecule has 5 nitrogen and oxygen atoms in total. The molecule has 0 spiro atoms. The molecule has 0 N–H and O–H groups in total. The van der Waals surface area contributed by atoms with Gasteiger partial charge < -0.3 is 23.7 Å². The van der Waals surface area contributed by atoms with Gasteiger partial charge in [0.2, 0.25) is 0 Å². The van der Waals surface area contributed by atoms with Gasteiger partial charge in [-0.05, 0) is 22.3 Å². The minimum atomic E-state index is -0.508. The third-order valence-corrected chi connectivity index (χ3v) is 7.30. The number of benzene rings is 4. The van der Waals surface area contributed by atoms with Crippen molar-refractivity contribution in [3.63, 3.8) is 0 Å². The van der Waals surface area contributed by atoms with E-state index >= 15 is 0 Å². The second-order valence-corrected chi connectivity index (χ2v) is 10.6. The van der Waals surface area contributed by atoms with Crippen LogP contribution < -0.4 is 0 Å². The molecule has 0 amide bonds. The lowest BCUT2D eigenvalue weighted by atomic mass is 9.94. The molecule has 222 valence electrons. The van der Waals surface area contributed by atoms with Crippen LogP contribution in [0, 0.1) is 11.8 Å². The number of hydrogen-bond donors (Lipinski definition) is 0. The summed E-state index contributed by atoms with van der Waals surface area (Å²) in [5.74, 6) is 6.55. The molecule has 0 aromatic heterocycles. The van der Waals surface area contributed by atoms with Crippen LogP contribution in [0.5, 0.6) is 0 Å². The summed E-state index contributed by atoms with van der Waals surface area (Å²) in [6.45, 7) is 4.06. The SMILES string of the molecule is CCC#CC1O[C@H](COCc2ccccc2)[C@@H](OCc2ccccc2)[C@H](OCc2ccccc2)[C@H]1OCc1ccccc1. The average Bonchev–Trinajstić information content (AvgIpc) is 3.07. The van der Waals surface area contributed by atoms with Gasteiger partial charge >= 0.3 is 0 Å². The number of hydrogen-bond acceptors (Lipinski definition) is 5. The minimum absolute atomic E-state index is 0.329. The summed E-state index contributed by atoms with van der Waals surface area (Å²) in [5, 5.41) is 0. The van der Waals surface area contributed by atoms with Gasteiger partial charge in [0.25, 0.3) is 0 Å². The first-order valence-electron chi connectivity index (χ1n) is 15.0. The zero-order valence-corrected chi connectivity index (χ0v) is 24.7. The van der Waals surface area contributed by atoms with Gasteiger partial charge in [-0.3, -0.25) is 0 Å². The standard InChI is InChI=1S/C38H40O5/c1-2-3-24-34-36(40-26-31-18-10-5-11-19-31)38(42-28-33-22-14-7-15-23-33)37(41-27-32-20-12-6-13-21-32)35(43-34)29-39-25-30-16-8-4-9-17-30/h4-23,34-38H,2,25-29H2,1H3/t34?,35-,36+,37-,38-/m1/s1. The van der Waals surface area contributed by atoms with E-state index in [0.717, 1.165) is 22.3 Å². The fraction of sp³-hybridized carbons (Fsp3) is 0.316. The van der Waals surface area contributed by atoms with E-state index in [4.69, 9.17) is 23.7 Å². The molecule has 1 heterocycles. The molecule has 5 rings (SSSR count). The summed E-state index contributed by atoms with van der Waals surface area (Å²) in [5.41, 5.74) is 4.32. The monoisotopic (exact) mass is 576 g/mol. The Morgan fingerprint density at radius 1 is 0.535 bits per heavy atom. The first-order valence-corrected chi connectivity index (χ1v) is 15.0. The van der Waals surface area contributed by atoms with E-state index in [2.05, 4.69) is 60.4 Å². The zero-order valence-electron chi connectivity index (χ0n) is 24.7. The molecule has 0 aliphatic carbocycles. The summed E-state index contributed by atoms with van der Waals surface area (Å²) in [7, 11) is 0. The van der Waals surface area contributed by atoms with Crippen LogP contribution in [0.3, 0.4) is 0 Å². The maximum Gasteiger partial charge on any atom is 0.147 e. The van der Waals surface area contributed by atoms with Gasteiger partial charge in [-0.15, -0.1) is 5.92 Å². The summed E-state index contributed by atoms with van der Waals surface area (Å²) in [6.07, 6.45) is -1.60. The van der Waals surface area contributed by atoms with Gasteiger partial charge in [0.15, 0.2) is 0 Å². The van der Waals surface area contributed by atoms with Crippen LogP contribution in [0.4, 0.5) is 0 Å². The van der Waals surface area contributed by atoms with Crippen molar-refractivity contribution in [1.82, 2.24) is 0 Å². The fourth-order valence-electron chi connectivity index (χ4n) is 5.11. The highest BCUT2D eigenvalue weighted by Crippen LogP contribution is 2.31. The molecule has 1 fully saturated rings. The molecule has 1 aliphatic heterocycles. The molecule has 5 atom stereocenters. The van der Waals surface area contributed by atoms with Gasteiger partial charge in [0.05, 0.1) is 33.0 Å². The van der Waals surface area contributed by atoms with Crippen molar-refractivity contribution in [1.29, 1.82) is 0 Å². The first kappa shape index (κ1) is 30.7. The lowest BCUT2D eigenvalue weighted by Crippen LogP contribution is -2.60. The molecular formula is C38H40O5. The Hall–Kier alpha value is -3.76. The largest absolute Gasteiger partial charge is 0.374 e. The minimum Gasteiger partial charge on any atom is -0.374 e. The molecule has 0 bridgehead atoms. The van der Waals surface area contributed by atoms with Crippen LogP contribution in [0.25, 0.3) is 0 Å². The van der Waals surface area contributed by atoms with Crippen LogP contribution in [-0.2, 0) is 50.1 Å². The molecule has 1 saturated heterocycles. The van der Waals surface area contributed by atoms with Crippen molar-refractivity contribution in [2.45, 2.75) is 70.3 Å². The average molecular weight is 577 g/mol. The summed E-state index contributed by atoms with van der Waals surface area (Å²) in [6, 6.07) is 40.6. The Kier molecular flexibility index (Phi) is 12.0. The Labute approximate surface area is 255 Å². The molecule has 0 radical (unpaired) electrons. The molecule has 0 saturated carbocycles. The van der Waals surface area contributed by atoms with Crippen molar-refractivity contribution in [3.05, 3.63) is 144 Å². The van der Waals surface area contributed by atoms with E-state index in [9.17, 15) is 0 Å². The van der Waals surface area contributed by atoms with Gasteiger partial charge in [-0.1, -0.05) is 134 Å². The van der Waals surface area contributed by atoms with Gasteiger partial charge in [-0.2, -0.15) is 0 Å². The highest BCUT2D eigenvalue weighted by Gasteiger charge is 2.48. The van der Waals surface area contributed by atoms with E-state index in [0.29, 0.717) is 39.5 Å². The Morgan fingerprint density at radius 3 is 1.42 bits per heavy atom. The highest BCUT2D eigenvalue weighted by atomic mass is 16.6. The van der Waals surface area contributed by atoms with Crippen molar-refractivity contribution >= 4 is 0 Å². The van der Waals surface area contributed by atoms with E-state index in [1.54, 1.807) is 0 Å². The summed E-state index contributed by atoms with van der Waals surface area (Å²) in [4.78, 5) is 0. The first-order chi connectivity index (χ1) is 21.3. The Balaban J connectivity index is 1.43. The van der Waals surface area contributed by atoms with E-state index in [-0.39, 0.29) is 0 Å². The summed E-state index contributed by atoms with van der Waals surface area (Å²) >= 11 is 0. The predicted octanol–water partition coefficient (Wildman–Crippen LogP) is 7.14. The smallest absolute Gasteiger partial charge is 0.147 e. The molecule has 1 unspecified atom stereocenters. The van der Waals surface area contributed by atoms with Crippen molar-refractivity contribution < 1.29 is 23.7 Å². The van der Waals surface area contributed by atoms with Crippen LogP contribution >= 0.6 is 0 Å². The van der Waals surface area contributed by atoms with Crippen molar-refractivity contribution in [2.75, 3.05) is 6.61 Å². The second-order valence-electron chi connectivity index (χ2n) is 10.6. The van der Waals surface area contributed by atoms with Crippen LogP contribution in [0.2, 0.25) is 0 Å². The van der Waals surface area contributed by atoms with E-state index in [1.807, 2.05) is 79.7 Å². The van der Waals surface area contributed by atoms with Gasteiger partial charge in [0.1, 0.15) is 30.5 Å². The van der Waals surface area contributed by atoms with Crippen molar-refractivity contribution in [2.24, 2.45) is 0 Å². The fourth-order valence-corrected chi connectivity index (χ4v) is 5.11. The quantitative estimate of drug-likeness (QED) is 0.158. The lowest BCUT2D eigenvalue weighted by Gasteiger charge is -2.45. The molecular weight excluding hydrogens is 536 g/mol. The molecule has 4 aromatic carbocycles. The van der Waals surface area contributed by atoms with E-state index < -0.39 is 30.5 Å². The third-order valence-electron chi connectivity index (χ3n) is 7.30. The second kappa shape index (κ2) is 16.8. The third kappa shape index (κ3) is 9.36. The molecule has 1 aliphatic rings. The van der Waals surface area contributed by atoms with Crippen LogP contribution in [0.15, 0.2) is 121 Å². The van der Waals surface area contributed by atoms with Crippen LogP contribution in [-0.4, -0.2) is 37.1 Å². The van der Waals surface area contributed by atoms with Crippen molar-refractivity contribution in [3.8, 4) is 11.8 Å². The number of rotatable bonds is 13. The Morgan fingerprint density at radius 2 is 0.953 bits per heavy atom. The lowest BCUT2D eigenvalue weighted by molar-refractivity contribution is -0.261. The zero-order chi connectivity index (χ0) is 29.5. The highest BCUT2D eigenvalue weighted by molar-refractivity contribution is 5.18. The molecule has 4 aromatic rings. The topological polar surface area (TPSA) is 46.2 Å². The maximum atomic E-state index is 6.72. The van der Waals surface area contributed by atoms with Crippen LogP contribution in [0.1, 0.15) is 35.6 Å². The summed E-state index contributed by atoms with van der Waals surface area (Å²) < 4.78 is 32.9. The Bertz CT molecular complexity index is 1390. The van der Waals surface area contributed by atoms with Gasteiger partial charge in [-0.25, -0.2) is 0 Å². The normalized spacial score (nSPS) is 21.6. The van der Waals surface area contributed by atoms with E-state index in [1.165, 1.54) is 0 Å². The molecule has 43 heavy (non-hydrogen) atoms. The van der Waals surface area contributed by atoms with Gasteiger partial charge in [0, 0.05) is 6.42 Å². The molecule has 5 heteroatoms. The predicted molar refractivity (Wildman–Crippen MR) is 168 cm³/mol. The maximum absolute atomic E-state index is 6.72. The number of ether oxygens (including phenoxy) is 5.